The zero-order valence-electron chi connectivity index (χ0n) is 5.16. The van der Waals surface area contributed by atoms with Crippen molar-refractivity contribution in [1.82, 2.24) is 0 Å². The molecule has 1 aliphatic heterocycles. The number of nitrogens with zero attached hydrogens (tertiary/aromatic N) is 1. The fraction of sp³-hybridized carbons (Fsp3) is 0.286. The predicted molar refractivity (Wildman–Crippen MR) is 33.4 cm³/mol. The normalized spacial score (nSPS) is 31.1. The SMILES string of the molecule is CC1(C#N)C=CC=CO1. The van der Waals surface area contributed by atoms with Gasteiger partial charge in [-0.1, -0.05) is 6.08 Å². The first-order valence-corrected chi connectivity index (χ1v) is 2.70. The molecular weight excluding hydrogens is 114 g/mol. The highest BCUT2D eigenvalue weighted by molar-refractivity contribution is 5.21. The van der Waals surface area contributed by atoms with Crippen LogP contribution in [0.3, 0.4) is 0 Å². The highest BCUT2D eigenvalue weighted by Crippen LogP contribution is 2.14. The Labute approximate surface area is 54.0 Å². The third-order valence-electron chi connectivity index (χ3n) is 1.14. The van der Waals surface area contributed by atoms with E-state index in [0.717, 1.165) is 0 Å². The van der Waals surface area contributed by atoms with E-state index in [4.69, 9.17) is 10.00 Å². The third-order valence-corrected chi connectivity index (χ3v) is 1.14. The maximum atomic E-state index is 8.49. The molecule has 1 heterocycles. The molecule has 1 aliphatic rings. The van der Waals surface area contributed by atoms with Crippen molar-refractivity contribution in [3.63, 3.8) is 0 Å². The summed E-state index contributed by atoms with van der Waals surface area (Å²) in [6.07, 6.45) is 6.78. The van der Waals surface area contributed by atoms with E-state index >= 15 is 0 Å². The zero-order chi connectivity index (χ0) is 6.74. The van der Waals surface area contributed by atoms with Gasteiger partial charge in [0.2, 0.25) is 5.60 Å². The summed E-state index contributed by atoms with van der Waals surface area (Å²) < 4.78 is 4.99. The van der Waals surface area contributed by atoms with Crippen molar-refractivity contribution in [3.05, 3.63) is 24.5 Å². The minimum atomic E-state index is -0.741. The number of hydrogen-bond acceptors (Lipinski definition) is 2. The summed E-state index contributed by atoms with van der Waals surface area (Å²) in [6, 6.07) is 2.02. The number of ether oxygens (including phenoxy) is 1. The smallest absolute Gasteiger partial charge is 0.209 e. The summed E-state index contributed by atoms with van der Waals surface area (Å²) >= 11 is 0. The van der Waals surface area contributed by atoms with Gasteiger partial charge in [-0.3, -0.25) is 0 Å². The Morgan fingerprint density at radius 1 is 1.56 bits per heavy atom. The van der Waals surface area contributed by atoms with E-state index in [1.807, 2.05) is 6.07 Å². The Morgan fingerprint density at radius 2 is 2.33 bits per heavy atom. The summed E-state index contributed by atoms with van der Waals surface area (Å²) in [6.45, 7) is 1.72. The van der Waals surface area contributed by atoms with Gasteiger partial charge in [-0.15, -0.1) is 0 Å². The van der Waals surface area contributed by atoms with Crippen LogP contribution in [0.4, 0.5) is 0 Å². The number of nitriles is 1. The van der Waals surface area contributed by atoms with E-state index in [0.29, 0.717) is 0 Å². The second-order valence-electron chi connectivity index (χ2n) is 2.02. The third kappa shape index (κ3) is 1.11. The van der Waals surface area contributed by atoms with Gasteiger partial charge in [0.1, 0.15) is 6.07 Å². The first-order valence-electron chi connectivity index (χ1n) is 2.70. The monoisotopic (exact) mass is 121 g/mol. The summed E-state index contributed by atoms with van der Waals surface area (Å²) in [4.78, 5) is 0. The predicted octanol–water partition coefficient (Wildman–Crippen LogP) is 1.37. The maximum Gasteiger partial charge on any atom is 0.209 e. The van der Waals surface area contributed by atoms with E-state index in [9.17, 15) is 0 Å². The molecule has 0 aromatic rings. The molecule has 1 atom stereocenters. The second-order valence-corrected chi connectivity index (χ2v) is 2.02. The highest BCUT2D eigenvalue weighted by Gasteiger charge is 2.20. The molecular formula is C7H7NO. The van der Waals surface area contributed by atoms with Crippen molar-refractivity contribution in [2.45, 2.75) is 12.5 Å². The lowest BCUT2D eigenvalue weighted by molar-refractivity contribution is 0.136. The Morgan fingerprint density at radius 3 is 2.67 bits per heavy atom. The Kier molecular flexibility index (Phi) is 1.27. The van der Waals surface area contributed by atoms with Gasteiger partial charge in [-0.2, -0.15) is 5.26 Å². The summed E-state index contributed by atoms with van der Waals surface area (Å²) in [5, 5.41) is 8.49. The van der Waals surface area contributed by atoms with Crippen molar-refractivity contribution in [1.29, 1.82) is 5.26 Å². The molecule has 0 saturated heterocycles. The summed E-state index contributed by atoms with van der Waals surface area (Å²) in [7, 11) is 0. The Balaban J connectivity index is 2.77. The number of rotatable bonds is 0. The molecule has 9 heavy (non-hydrogen) atoms. The van der Waals surface area contributed by atoms with Crippen molar-refractivity contribution >= 4 is 0 Å². The largest absolute Gasteiger partial charge is 0.477 e. The molecule has 0 bridgehead atoms. The molecule has 0 spiro atoms. The lowest BCUT2D eigenvalue weighted by Gasteiger charge is -2.17. The molecule has 2 heteroatoms. The maximum absolute atomic E-state index is 8.49. The molecule has 0 aromatic heterocycles. The minimum absolute atomic E-state index is 0.741. The first-order chi connectivity index (χ1) is 4.27. The summed E-state index contributed by atoms with van der Waals surface area (Å²) in [5.41, 5.74) is -0.741. The van der Waals surface area contributed by atoms with Crippen LogP contribution in [0.1, 0.15) is 6.92 Å². The van der Waals surface area contributed by atoms with Gasteiger partial charge < -0.3 is 4.74 Å². The van der Waals surface area contributed by atoms with Crippen LogP contribution in [0.15, 0.2) is 24.5 Å². The van der Waals surface area contributed by atoms with Gasteiger partial charge in [-0.05, 0) is 19.1 Å². The van der Waals surface area contributed by atoms with Crippen molar-refractivity contribution in [3.8, 4) is 6.07 Å². The molecule has 0 N–H and O–H groups in total. The molecule has 46 valence electrons. The molecule has 1 rings (SSSR count). The van der Waals surface area contributed by atoms with Gasteiger partial charge in [0.15, 0.2) is 0 Å². The second kappa shape index (κ2) is 1.94. The van der Waals surface area contributed by atoms with Crippen LogP contribution in [0, 0.1) is 11.3 Å². The first kappa shape index (κ1) is 5.90. The van der Waals surface area contributed by atoms with Gasteiger partial charge in [0.05, 0.1) is 6.26 Å². The van der Waals surface area contributed by atoms with Crippen molar-refractivity contribution in [2.24, 2.45) is 0 Å². The number of allylic oxidation sites excluding steroid dienone is 2. The standard InChI is InChI=1S/C7H7NO/c1-7(6-8)4-2-3-5-9-7/h2-5H,1H3. The van der Waals surface area contributed by atoms with Crippen LogP contribution in [-0.2, 0) is 4.74 Å². The van der Waals surface area contributed by atoms with E-state index in [-0.39, 0.29) is 0 Å². The van der Waals surface area contributed by atoms with E-state index in [1.54, 1.807) is 25.2 Å². The molecule has 0 amide bonds. The van der Waals surface area contributed by atoms with Crippen LogP contribution in [0.5, 0.6) is 0 Å². The van der Waals surface area contributed by atoms with E-state index in [1.165, 1.54) is 6.26 Å². The van der Waals surface area contributed by atoms with E-state index < -0.39 is 5.60 Å². The molecule has 0 saturated carbocycles. The van der Waals surface area contributed by atoms with E-state index in [2.05, 4.69) is 0 Å². The van der Waals surface area contributed by atoms with Gasteiger partial charge >= 0.3 is 0 Å². The fourth-order valence-electron chi connectivity index (χ4n) is 0.568. The van der Waals surface area contributed by atoms with Gasteiger partial charge in [0.25, 0.3) is 0 Å². The van der Waals surface area contributed by atoms with Crippen molar-refractivity contribution in [2.75, 3.05) is 0 Å². The highest BCUT2D eigenvalue weighted by atomic mass is 16.5. The van der Waals surface area contributed by atoms with Crippen LogP contribution in [0.25, 0.3) is 0 Å². The zero-order valence-corrected chi connectivity index (χ0v) is 5.16. The van der Waals surface area contributed by atoms with Crippen molar-refractivity contribution < 1.29 is 4.74 Å². The van der Waals surface area contributed by atoms with Gasteiger partial charge in [-0.25, -0.2) is 0 Å². The van der Waals surface area contributed by atoms with Crippen LogP contribution in [0.2, 0.25) is 0 Å². The quantitative estimate of drug-likeness (QED) is 0.485. The average molecular weight is 121 g/mol. The fourth-order valence-corrected chi connectivity index (χ4v) is 0.568. The van der Waals surface area contributed by atoms with Crippen LogP contribution < -0.4 is 0 Å². The lowest BCUT2D eigenvalue weighted by atomic mass is 10.1. The van der Waals surface area contributed by atoms with Crippen LogP contribution in [-0.4, -0.2) is 5.60 Å². The molecule has 2 nitrogen and oxygen atoms in total. The minimum Gasteiger partial charge on any atom is -0.477 e. The number of hydrogen-bond donors (Lipinski definition) is 0. The van der Waals surface area contributed by atoms with Gasteiger partial charge in [0, 0.05) is 0 Å². The average Bonchev–Trinajstić information content (AvgIpc) is 1.90. The Hall–Kier alpha value is -1.23. The Bertz CT molecular complexity index is 199. The molecule has 0 fully saturated rings. The molecule has 1 unspecified atom stereocenters. The molecule has 0 aromatic carbocycles. The topological polar surface area (TPSA) is 33.0 Å². The molecule has 0 radical (unpaired) electrons. The molecule has 0 aliphatic carbocycles. The lowest BCUT2D eigenvalue weighted by Crippen LogP contribution is -2.21. The summed E-state index contributed by atoms with van der Waals surface area (Å²) in [5.74, 6) is 0. The van der Waals surface area contributed by atoms with Crippen LogP contribution >= 0.6 is 0 Å².